The number of pyridine rings is 1. The second kappa shape index (κ2) is 5.34. The van der Waals surface area contributed by atoms with E-state index in [1.54, 1.807) is 0 Å². The lowest BCUT2D eigenvalue weighted by Crippen LogP contribution is -2.37. The number of halogens is 1. The average molecular weight is 311 g/mol. The van der Waals surface area contributed by atoms with E-state index in [0.717, 1.165) is 55.2 Å². The highest BCUT2D eigenvalue weighted by molar-refractivity contribution is 9.10. The fraction of sp³-hybridized carbons (Fsp3) is 0.500. The maximum absolute atomic E-state index is 5.33. The van der Waals surface area contributed by atoms with Gasteiger partial charge in [-0.25, -0.2) is 9.50 Å². The van der Waals surface area contributed by atoms with Crippen LogP contribution < -0.4 is 0 Å². The number of hydrogen-bond acceptors (Lipinski definition) is 4. The van der Waals surface area contributed by atoms with E-state index in [0.29, 0.717) is 0 Å². The monoisotopic (exact) mass is 310 g/mol. The maximum atomic E-state index is 5.33. The van der Waals surface area contributed by atoms with Crippen molar-refractivity contribution in [3.8, 4) is 0 Å². The van der Waals surface area contributed by atoms with Gasteiger partial charge in [0.15, 0.2) is 11.5 Å². The molecule has 6 heteroatoms. The highest BCUT2D eigenvalue weighted by Gasteiger charge is 2.11. The van der Waals surface area contributed by atoms with E-state index in [-0.39, 0.29) is 0 Å². The summed E-state index contributed by atoms with van der Waals surface area (Å²) < 4.78 is 8.16. The van der Waals surface area contributed by atoms with Crippen LogP contribution in [0.2, 0.25) is 0 Å². The van der Waals surface area contributed by atoms with Gasteiger partial charge in [-0.05, 0) is 28.1 Å². The zero-order valence-electron chi connectivity index (χ0n) is 10.0. The fourth-order valence-electron chi connectivity index (χ4n) is 2.09. The molecule has 18 heavy (non-hydrogen) atoms. The molecule has 0 saturated carbocycles. The van der Waals surface area contributed by atoms with E-state index in [2.05, 4.69) is 30.9 Å². The van der Waals surface area contributed by atoms with Crippen LogP contribution in [0.15, 0.2) is 22.8 Å². The summed E-state index contributed by atoms with van der Waals surface area (Å²) in [5, 5.41) is 4.48. The first-order valence-corrected chi connectivity index (χ1v) is 6.91. The summed E-state index contributed by atoms with van der Waals surface area (Å²) in [6.07, 6.45) is 2.82. The second-order valence-corrected chi connectivity index (χ2v) is 5.30. The Hall–Kier alpha value is -0.980. The molecule has 2 aromatic heterocycles. The Morgan fingerprint density at radius 1 is 1.28 bits per heavy atom. The summed E-state index contributed by atoms with van der Waals surface area (Å²) in [6, 6.07) is 3.95. The van der Waals surface area contributed by atoms with Gasteiger partial charge in [-0.15, -0.1) is 0 Å². The molecule has 0 spiro atoms. The van der Waals surface area contributed by atoms with E-state index in [9.17, 15) is 0 Å². The topological polar surface area (TPSA) is 42.7 Å². The molecule has 0 aromatic carbocycles. The maximum Gasteiger partial charge on any atom is 0.155 e. The Kier molecular flexibility index (Phi) is 3.58. The fourth-order valence-corrected chi connectivity index (χ4v) is 2.42. The second-order valence-electron chi connectivity index (χ2n) is 4.38. The van der Waals surface area contributed by atoms with Crippen molar-refractivity contribution >= 4 is 21.6 Å². The molecule has 0 bridgehead atoms. The van der Waals surface area contributed by atoms with Gasteiger partial charge < -0.3 is 4.74 Å². The molecule has 5 nitrogen and oxygen atoms in total. The van der Waals surface area contributed by atoms with Crippen LogP contribution in [0.25, 0.3) is 5.65 Å². The van der Waals surface area contributed by atoms with Crippen LogP contribution in [0.1, 0.15) is 5.82 Å². The highest BCUT2D eigenvalue weighted by Crippen LogP contribution is 2.11. The molecular weight excluding hydrogens is 296 g/mol. The summed E-state index contributed by atoms with van der Waals surface area (Å²) in [5.74, 6) is 0.902. The van der Waals surface area contributed by atoms with Crippen LogP contribution in [0.4, 0.5) is 0 Å². The molecule has 1 aliphatic rings. The van der Waals surface area contributed by atoms with Crippen molar-refractivity contribution in [2.75, 3.05) is 32.8 Å². The van der Waals surface area contributed by atoms with E-state index in [1.807, 2.05) is 22.8 Å². The zero-order valence-corrected chi connectivity index (χ0v) is 11.6. The lowest BCUT2D eigenvalue weighted by molar-refractivity contribution is 0.0382. The number of rotatable bonds is 3. The molecule has 0 aliphatic carbocycles. The Morgan fingerprint density at radius 3 is 2.94 bits per heavy atom. The summed E-state index contributed by atoms with van der Waals surface area (Å²) >= 11 is 3.43. The van der Waals surface area contributed by atoms with Gasteiger partial charge in [0.25, 0.3) is 0 Å². The first-order chi connectivity index (χ1) is 8.81. The third-order valence-electron chi connectivity index (χ3n) is 3.09. The highest BCUT2D eigenvalue weighted by atomic mass is 79.9. The normalized spacial score (nSPS) is 17.4. The van der Waals surface area contributed by atoms with Crippen molar-refractivity contribution in [2.24, 2.45) is 0 Å². The van der Waals surface area contributed by atoms with Crippen LogP contribution in [0.5, 0.6) is 0 Å². The molecule has 0 N–H and O–H groups in total. The van der Waals surface area contributed by atoms with Gasteiger partial charge in [0.1, 0.15) is 0 Å². The van der Waals surface area contributed by atoms with Gasteiger partial charge in [-0.2, -0.15) is 5.10 Å². The number of morpholine rings is 1. The predicted molar refractivity (Wildman–Crippen MR) is 71.7 cm³/mol. The van der Waals surface area contributed by atoms with Crippen molar-refractivity contribution in [1.82, 2.24) is 19.5 Å². The Bertz CT molecular complexity index is 536. The van der Waals surface area contributed by atoms with E-state index < -0.39 is 0 Å². The lowest BCUT2D eigenvalue weighted by Gasteiger charge is -2.25. The van der Waals surface area contributed by atoms with Gasteiger partial charge in [-0.1, -0.05) is 0 Å². The van der Waals surface area contributed by atoms with Gasteiger partial charge in [0.2, 0.25) is 0 Å². The number of aromatic nitrogens is 3. The van der Waals surface area contributed by atoms with Crippen molar-refractivity contribution in [3.63, 3.8) is 0 Å². The van der Waals surface area contributed by atoms with Crippen LogP contribution in [-0.4, -0.2) is 52.3 Å². The van der Waals surface area contributed by atoms with Gasteiger partial charge >= 0.3 is 0 Å². The zero-order chi connectivity index (χ0) is 12.4. The molecule has 0 radical (unpaired) electrons. The molecule has 0 amide bonds. The summed E-state index contributed by atoms with van der Waals surface area (Å²) in [7, 11) is 0. The van der Waals surface area contributed by atoms with Crippen LogP contribution >= 0.6 is 15.9 Å². The SMILES string of the molecule is Brc1ccc2nc(CCN3CCOCC3)nn2c1. The minimum Gasteiger partial charge on any atom is -0.379 e. The first kappa shape index (κ1) is 12.1. The molecule has 3 heterocycles. The van der Waals surface area contributed by atoms with Crippen LogP contribution in [0.3, 0.4) is 0 Å². The van der Waals surface area contributed by atoms with E-state index >= 15 is 0 Å². The molecule has 2 aromatic rings. The molecule has 0 atom stereocenters. The van der Waals surface area contributed by atoms with Gasteiger partial charge in [0, 0.05) is 36.7 Å². The minimum absolute atomic E-state index is 0.839. The lowest BCUT2D eigenvalue weighted by atomic mass is 10.3. The summed E-state index contributed by atoms with van der Waals surface area (Å²) in [6.45, 7) is 4.70. The first-order valence-electron chi connectivity index (χ1n) is 6.12. The van der Waals surface area contributed by atoms with Crippen molar-refractivity contribution < 1.29 is 4.74 Å². The number of fused-ring (bicyclic) bond motifs is 1. The van der Waals surface area contributed by atoms with Gasteiger partial charge in [0.05, 0.1) is 13.2 Å². The summed E-state index contributed by atoms with van der Waals surface area (Å²) in [4.78, 5) is 6.91. The number of nitrogens with zero attached hydrogens (tertiary/aromatic N) is 4. The largest absolute Gasteiger partial charge is 0.379 e. The Morgan fingerprint density at radius 2 is 2.11 bits per heavy atom. The summed E-state index contributed by atoms with van der Waals surface area (Å²) in [5.41, 5.74) is 0.898. The number of ether oxygens (including phenoxy) is 1. The van der Waals surface area contributed by atoms with Crippen molar-refractivity contribution in [3.05, 3.63) is 28.6 Å². The van der Waals surface area contributed by atoms with E-state index in [4.69, 9.17) is 4.74 Å². The van der Waals surface area contributed by atoms with Crippen LogP contribution in [0, 0.1) is 0 Å². The molecule has 1 fully saturated rings. The van der Waals surface area contributed by atoms with E-state index in [1.165, 1.54) is 0 Å². The minimum atomic E-state index is 0.839. The Balaban J connectivity index is 1.67. The quantitative estimate of drug-likeness (QED) is 0.858. The van der Waals surface area contributed by atoms with Gasteiger partial charge in [-0.3, -0.25) is 4.90 Å². The average Bonchev–Trinajstić information content (AvgIpc) is 2.79. The molecule has 3 rings (SSSR count). The van der Waals surface area contributed by atoms with Crippen molar-refractivity contribution in [1.29, 1.82) is 0 Å². The molecule has 1 aliphatic heterocycles. The Labute approximate surface area is 114 Å². The number of hydrogen-bond donors (Lipinski definition) is 0. The predicted octanol–water partition coefficient (Wildman–Crippen LogP) is 1.37. The third kappa shape index (κ3) is 2.71. The third-order valence-corrected chi connectivity index (χ3v) is 3.56. The standard InChI is InChI=1S/C12H15BrN4O/c13-10-1-2-12-14-11(15-17(12)9-10)3-4-16-5-7-18-8-6-16/h1-2,9H,3-8H2. The molecule has 96 valence electrons. The molecular formula is C12H15BrN4O. The molecule has 1 saturated heterocycles. The van der Waals surface area contributed by atoms with Crippen LogP contribution in [-0.2, 0) is 11.2 Å². The smallest absolute Gasteiger partial charge is 0.155 e. The molecule has 0 unspecified atom stereocenters. The van der Waals surface area contributed by atoms with Crippen molar-refractivity contribution in [2.45, 2.75) is 6.42 Å².